The maximum atomic E-state index is 13.1. The average Bonchev–Trinajstić information content (AvgIpc) is 2.69. The van der Waals surface area contributed by atoms with Crippen LogP contribution in [0.15, 0.2) is 41.3 Å². The van der Waals surface area contributed by atoms with Crippen LogP contribution in [0.25, 0.3) is 0 Å². The zero-order valence-electron chi connectivity index (χ0n) is 17.2. The average molecular weight is 432 g/mol. The van der Waals surface area contributed by atoms with Crippen molar-refractivity contribution in [2.24, 2.45) is 5.92 Å². The minimum atomic E-state index is -3.44. The lowest BCUT2D eigenvalue weighted by molar-refractivity contribution is -0.384. The van der Waals surface area contributed by atoms with E-state index >= 15 is 0 Å². The Bertz CT molecular complexity index is 1090. The van der Waals surface area contributed by atoms with Crippen LogP contribution in [0.3, 0.4) is 0 Å². The Labute approximate surface area is 176 Å². The summed E-state index contributed by atoms with van der Waals surface area (Å²) in [5.74, 6) is 0.0824. The lowest BCUT2D eigenvalue weighted by Gasteiger charge is -2.33. The first-order valence-electron chi connectivity index (χ1n) is 9.71. The molecular formula is C21H25N3O5S. The van der Waals surface area contributed by atoms with Crippen molar-refractivity contribution in [3.63, 3.8) is 0 Å². The molecule has 0 spiro atoms. The number of benzene rings is 2. The highest BCUT2D eigenvalue weighted by Crippen LogP contribution is 2.30. The third-order valence-corrected chi connectivity index (χ3v) is 6.56. The van der Waals surface area contributed by atoms with E-state index in [0.29, 0.717) is 22.9 Å². The van der Waals surface area contributed by atoms with Crippen molar-refractivity contribution in [1.82, 2.24) is 0 Å². The number of carbonyl (C=O) groups excluding carboxylic acids is 1. The summed E-state index contributed by atoms with van der Waals surface area (Å²) in [4.78, 5) is 26.0. The number of hydrogen-bond donors (Lipinski definition) is 1. The van der Waals surface area contributed by atoms with E-state index in [1.165, 1.54) is 24.3 Å². The minimum Gasteiger partial charge on any atom is -0.371 e. The van der Waals surface area contributed by atoms with Crippen molar-refractivity contribution in [2.75, 3.05) is 29.6 Å². The number of non-ortho nitro benzene ring substituents is 1. The largest absolute Gasteiger partial charge is 0.371 e. The summed E-state index contributed by atoms with van der Waals surface area (Å²) < 4.78 is 23.7. The van der Waals surface area contributed by atoms with Gasteiger partial charge in [0.15, 0.2) is 9.84 Å². The number of sulfone groups is 1. The Morgan fingerprint density at radius 1 is 1.17 bits per heavy atom. The summed E-state index contributed by atoms with van der Waals surface area (Å²) in [5.41, 5.74) is 1.71. The van der Waals surface area contributed by atoms with Crippen molar-refractivity contribution in [2.45, 2.75) is 31.6 Å². The topological polar surface area (TPSA) is 110 Å². The van der Waals surface area contributed by atoms with E-state index in [1.54, 1.807) is 19.1 Å². The molecule has 0 saturated carbocycles. The van der Waals surface area contributed by atoms with Crippen molar-refractivity contribution in [3.05, 3.63) is 57.6 Å². The lowest BCUT2D eigenvalue weighted by atomic mass is 9.97. The molecular weight excluding hydrogens is 406 g/mol. The molecule has 1 amide bonds. The van der Waals surface area contributed by atoms with Gasteiger partial charge in [-0.2, -0.15) is 0 Å². The Hall–Kier alpha value is -2.94. The van der Waals surface area contributed by atoms with Gasteiger partial charge in [0.2, 0.25) is 0 Å². The third kappa shape index (κ3) is 4.79. The van der Waals surface area contributed by atoms with Gasteiger partial charge in [-0.3, -0.25) is 14.9 Å². The predicted octanol–water partition coefficient (Wildman–Crippen LogP) is 3.80. The Kier molecular flexibility index (Phi) is 6.12. The number of nitrogens with one attached hydrogen (secondary N) is 1. The number of rotatable bonds is 5. The first kappa shape index (κ1) is 21.8. The van der Waals surface area contributed by atoms with E-state index in [4.69, 9.17) is 0 Å². The zero-order valence-corrected chi connectivity index (χ0v) is 18.0. The van der Waals surface area contributed by atoms with Crippen LogP contribution in [0.1, 0.15) is 35.7 Å². The lowest BCUT2D eigenvalue weighted by Crippen LogP contribution is -2.34. The minimum absolute atomic E-state index is 0.0904. The first-order chi connectivity index (χ1) is 14.1. The number of carbonyl (C=O) groups is 1. The van der Waals surface area contributed by atoms with Crippen LogP contribution in [0.4, 0.5) is 17.1 Å². The Morgan fingerprint density at radius 2 is 1.83 bits per heavy atom. The molecule has 1 aliphatic heterocycles. The van der Waals surface area contributed by atoms with E-state index in [2.05, 4.69) is 17.1 Å². The molecule has 0 unspecified atom stereocenters. The summed E-state index contributed by atoms with van der Waals surface area (Å²) in [6.07, 6.45) is 3.06. The molecule has 0 aromatic heterocycles. The number of anilines is 2. The molecule has 2 aromatic rings. The molecule has 160 valence electrons. The molecule has 2 aromatic carbocycles. The number of hydrogen-bond acceptors (Lipinski definition) is 6. The zero-order chi connectivity index (χ0) is 22.1. The van der Waals surface area contributed by atoms with Gasteiger partial charge in [-0.05, 0) is 49.4 Å². The predicted molar refractivity (Wildman–Crippen MR) is 116 cm³/mol. The number of amides is 1. The highest BCUT2D eigenvalue weighted by atomic mass is 32.2. The molecule has 1 fully saturated rings. The first-order valence-corrected chi connectivity index (χ1v) is 11.6. The van der Waals surface area contributed by atoms with Crippen LogP contribution in [-0.2, 0) is 9.84 Å². The van der Waals surface area contributed by atoms with Crippen molar-refractivity contribution >= 4 is 32.8 Å². The van der Waals surface area contributed by atoms with Crippen LogP contribution < -0.4 is 10.2 Å². The number of aryl methyl sites for hydroxylation is 1. The van der Waals surface area contributed by atoms with E-state index in [0.717, 1.165) is 32.2 Å². The standard InChI is InChI=1S/C21H25N3O5S/c1-14-8-10-23(11-9-14)20-7-5-16(24(26)27)12-18(20)21(25)22-19-13-17(30(3,28)29)6-4-15(19)2/h4-7,12-14H,8-11H2,1-3H3,(H,22,25). The van der Waals surface area contributed by atoms with Gasteiger partial charge in [-0.15, -0.1) is 0 Å². The maximum Gasteiger partial charge on any atom is 0.270 e. The fraction of sp³-hybridized carbons (Fsp3) is 0.381. The maximum absolute atomic E-state index is 13.1. The summed E-state index contributed by atoms with van der Waals surface area (Å²) in [5, 5.41) is 14.0. The highest BCUT2D eigenvalue weighted by Gasteiger charge is 2.24. The van der Waals surface area contributed by atoms with Gasteiger partial charge < -0.3 is 10.2 Å². The molecule has 0 atom stereocenters. The summed E-state index contributed by atoms with van der Waals surface area (Å²) in [7, 11) is -3.44. The number of nitro benzene ring substituents is 1. The van der Waals surface area contributed by atoms with Gasteiger partial charge >= 0.3 is 0 Å². The molecule has 1 N–H and O–H groups in total. The van der Waals surface area contributed by atoms with E-state index < -0.39 is 20.7 Å². The van der Waals surface area contributed by atoms with Crippen molar-refractivity contribution in [3.8, 4) is 0 Å². The molecule has 0 aliphatic carbocycles. The summed E-state index contributed by atoms with van der Waals surface area (Å²) in [6, 6.07) is 8.80. The van der Waals surface area contributed by atoms with Crippen LogP contribution in [0.5, 0.6) is 0 Å². The Balaban J connectivity index is 1.98. The third-order valence-electron chi connectivity index (χ3n) is 5.45. The molecule has 8 nitrogen and oxygen atoms in total. The van der Waals surface area contributed by atoms with Gasteiger partial charge in [0.1, 0.15) is 0 Å². The van der Waals surface area contributed by atoms with Gasteiger partial charge in [0.25, 0.3) is 11.6 Å². The highest BCUT2D eigenvalue weighted by molar-refractivity contribution is 7.90. The summed E-state index contributed by atoms with van der Waals surface area (Å²) in [6.45, 7) is 5.46. The Morgan fingerprint density at radius 3 is 2.43 bits per heavy atom. The van der Waals surface area contributed by atoms with Gasteiger partial charge in [-0.25, -0.2) is 8.42 Å². The quantitative estimate of drug-likeness (QED) is 0.570. The molecule has 0 bridgehead atoms. The number of nitrogens with zero attached hydrogens (tertiary/aromatic N) is 2. The second kappa shape index (κ2) is 8.43. The van der Waals surface area contributed by atoms with Crippen molar-refractivity contribution < 1.29 is 18.1 Å². The molecule has 1 saturated heterocycles. The van der Waals surface area contributed by atoms with Crippen LogP contribution in [0.2, 0.25) is 0 Å². The van der Waals surface area contributed by atoms with Gasteiger partial charge in [0, 0.05) is 37.2 Å². The fourth-order valence-electron chi connectivity index (χ4n) is 3.50. The molecule has 1 heterocycles. The summed E-state index contributed by atoms with van der Waals surface area (Å²) >= 11 is 0. The normalized spacial score (nSPS) is 15.1. The van der Waals surface area contributed by atoms with Gasteiger partial charge in [-0.1, -0.05) is 13.0 Å². The van der Waals surface area contributed by atoms with Gasteiger partial charge in [0.05, 0.1) is 21.1 Å². The van der Waals surface area contributed by atoms with E-state index in [1.807, 2.05) is 0 Å². The number of nitro groups is 1. The monoisotopic (exact) mass is 431 g/mol. The smallest absolute Gasteiger partial charge is 0.270 e. The second-order valence-corrected chi connectivity index (χ2v) is 9.85. The van der Waals surface area contributed by atoms with E-state index in [9.17, 15) is 23.3 Å². The molecule has 0 radical (unpaired) electrons. The fourth-order valence-corrected chi connectivity index (χ4v) is 4.15. The van der Waals surface area contributed by atoms with Crippen LogP contribution in [0, 0.1) is 23.0 Å². The second-order valence-electron chi connectivity index (χ2n) is 7.83. The number of piperidine rings is 1. The van der Waals surface area contributed by atoms with Crippen LogP contribution >= 0.6 is 0 Å². The van der Waals surface area contributed by atoms with Crippen molar-refractivity contribution in [1.29, 1.82) is 0 Å². The van der Waals surface area contributed by atoms with Crippen LogP contribution in [-0.4, -0.2) is 38.6 Å². The molecule has 1 aliphatic rings. The molecule has 9 heteroatoms. The SMILES string of the molecule is Cc1ccc(S(C)(=O)=O)cc1NC(=O)c1cc([N+](=O)[O-])ccc1N1CCC(C)CC1. The molecule has 30 heavy (non-hydrogen) atoms. The van der Waals surface area contributed by atoms with E-state index in [-0.39, 0.29) is 16.1 Å². The molecule has 3 rings (SSSR count).